The molecule has 0 bridgehead atoms. The summed E-state index contributed by atoms with van der Waals surface area (Å²) in [5.41, 5.74) is 4.44. The Morgan fingerprint density at radius 2 is 1.79 bits per heavy atom. The predicted octanol–water partition coefficient (Wildman–Crippen LogP) is 0.549. The summed E-state index contributed by atoms with van der Waals surface area (Å²) >= 11 is 0. The van der Waals surface area contributed by atoms with E-state index in [1.54, 1.807) is 17.6 Å². The first-order chi connectivity index (χ1) is 9.15. The Morgan fingerprint density at radius 1 is 1.21 bits per heavy atom. The highest BCUT2D eigenvalue weighted by Crippen LogP contribution is 2.32. The summed E-state index contributed by atoms with van der Waals surface area (Å²) < 4.78 is 15.5. The molecule has 8 nitrogen and oxygen atoms in total. The molecule has 1 aromatic carbocycles. The summed E-state index contributed by atoms with van der Waals surface area (Å²) in [7, 11) is 4.56. The van der Waals surface area contributed by atoms with Crippen LogP contribution in [-0.4, -0.2) is 38.7 Å². The zero-order valence-corrected chi connectivity index (χ0v) is 10.9. The maximum absolute atomic E-state index is 8.42. The standard InChI is InChI=1S/C11H16N4O4/c1-17-7-4-9(18-2)8(10(5-7)19-3)6-13-14-11(12)15-16/h4-6,16H,1-3H3,(H3,12,14,15)/b13-6+. The molecule has 0 aromatic heterocycles. The molecule has 4 N–H and O–H groups in total. The first-order valence-corrected chi connectivity index (χ1v) is 5.24. The van der Waals surface area contributed by atoms with E-state index in [1.807, 2.05) is 0 Å². The van der Waals surface area contributed by atoms with Crippen molar-refractivity contribution in [3.8, 4) is 17.2 Å². The van der Waals surface area contributed by atoms with Crippen molar-refractivity contribution in [1.29, 1.82) is 5.41 Å². The maximum Gasteiger partial charge on any atom is 0.233 e. The van der Waals surface area contributed by atoms with Crippen LogP contribution in [0.2, 0.25) is 0 Å². The fourth-order valence-corrected chi connectivity index (χ4v) is 1.35. The average Bonchev–Trinajstić information content (AvgIpc) is 2.46. The van der Waals surface area contributed by atoms with Crippen LogP contribution in [0.4, 0.5) is 0 Å². The van der Waals surface area contributed by atoms with Gasteiger partial charge in [0, 0.05) is 12.1 Å². The van der Waals surface area contributed by atoms with Crippen LogP contribution in [0.1, 0.15) is 5.56 Å². The third kappa shape index (κ3) is 3.75. The van der Waals surface area contributed by atoms with Crippen molar-refractivity contribution in [3.05, 3.63) is 17.7 Å². The lowest BCUT2D eigenvalue weighted by molar-refractivity contribution is 0.228. The largest absolute Gasteiger partial charge is 0.496 e. The minimum Gasteiger partial charge on any atom is -0.496 e. The Hall–Kier alpha value is -2.48. The number of benzene rings is 1. The zero-order valence-electron chi connectivity index (χ0n) is 10.9. The number of hydrogen-bond donors (Lipinski definition) is 4. The van der Waals surface area contributed by atoms with Crippen LogP contribution in [0.3, 0.4) is 0 Å². The van der Waals surface area contributed by atoms with Crippen molar-refractivity contribution in [2.45, 2.75) is 0 Å². The fourth-order valence-electron chi connectivity index (χ4n) is 1.35. The number of hydroxylamine groups is 1. The van der Waals surface area contributed by atoms with Crippen LogP contribution >= 0.6 is 0 Å². The normalized spacial score (nSPS) is 10.1. The van der Waals surface area contributed by atoms with Crippen molar-refractivity contribution in [2.75, 3.05) is 21.3 Å². The monoisotopic (exact) mass is 268 g/mol. The first-order valence-electron chi connectivity index (χ1n) is 5.24. The Kier molecular flexibility index (Phi) is 5.42. The number of hydrazone groups is 1. The Morgan fingerprint density at radius 3 is 2.21 bits per heavy atom. The Labute approximate surface area is 110 Å². The molecule has 0 unspecified atom stereocenters. The number of nitrogens with zero attached hydrogens (tertiary/aromatic N) is 1. The summed E-state index contributed by atoms with van der Waals surface area (Å²) in [4.78, 5) is 0. The van der Waals surface area contributed by atoms with E-state index in [2.05, 4.69) is 10.5 Å². The molecule has 0 saturated heterocycles. The summed E-state index contributed by atoms with van der Waals surface area (Å²) in [5, 5.41) is 19.3. The molecule has 1 aromatic rings. The van der Waals surface area contributed by atoms with Gasteiger partial charge in [0.1, 0.15) is 17.2 Å². The summed E-state index contributed by atoms with van der Waals surface area (Å²) in [6.07, 6.45) is 1.41. The number of guanidine groups is 1. The van der Waals surface area contributed by atoms with E-state index in [4.69, 9.17) is 24.8 Å². The molecule has 1 rings (SSSR count). The van der Waals surface area contributed by atoms with Gasteiger partial charge in [0.05, 0.1) is 33.1 Å². The second-order valence-electron chi connectivity index (χ2n) is 3.30. The van der Waals surface area contributed by atoms with Crippen LogP contribution in [0.5, 0.6) is 17.2 Å². The van der Waals surface area contributed by atoms with Crippen LogP contribution < -0.4 is 25.1 Å². The fraction of sp³-hybridized carbons (Fsp3) is 0.273. The van der Waals surface area contributed by atoms with Crippen LogP contribution in [0.15, 0.2) is 17.2 Å². The van der Waals surface area contributed by atoms with Gasteiger partial charge in [0.15, 0.2) is 0 Å². The Balaban J connectivity index is 3.06. The van der Waals surface area contributed by atoms with Gasteiger partial charge in [-0.05, 0) is 0 Å². The molecule has 0 spiro atoms. The number of ether oxygens (including phenoxy) is 3. The average molecular weight is 268 g/mol. The number of nitrogens with one attached hydrogen (secondary N) is 3. The van der Waals surface area contributed by atoms with Crippen molar-refractivity contribution >= 4 is 12.2 Å². The van der Waals surface area contributed by atoms with Gasteiger partial charge in [-0.3, -0.25) is 10.6 Å². The molecule has 0 radical (unpaired) electrons. The van der Waals surface area contributed by atoms with E-state index in [9.17, 15) is 0 Å². The molecular weight excluding hydrogens is 252 g/mol. The predicted molar refractivity (Wildman–Crippen MR) is 69.5 cm³/mol. The van der Waals surface area contributed by atoms with Gasteiger partial charge in [-0.1, -0.05) is 0 Å². The van der Waals surface area contributed by atoms with E-state index < -0.39 is 0 Å². The molecule has 0 aliphatic rings. The Bertz CT molecular complexity index is 451. The van der Waals surface area contributed by atoms with E-state index in [1.165, 1.54) is 27.5 Å². The third-order valence-corrected chi connectivity index (χ3v) is 2.23. The number of hydrogen-bond acceptors (Lipinski definition) is 6. The van der Waals surface area contributed by atoms with E-state index in [0.29, 0.717) is 22.8 Å². The zero-order chi connectivity index (χ0) is 14.3. The van der Waals surface area contributed by atoms with Crippen molar-refractivity contribution < 1.29 is 19.4 Å². The van der Waals surface area contributed by atoms with E-state index in [0.717, 1.165) is 0 Å². The number of rotatable bonds is 5. The van der Waals surface area contributed by atoms with Gasteiger partial charge in [0.25, 0.3) is 0 Å². The molecule has 0 atom stereocenters. The van der Waals surface area contributed by atoms with Gasteiger partial charge in [-0.25, -0.2) is 10.9 Å². The van der Waals surface area contributed by atoms with Crippen molar-refractivity contribution in [1.82, 2.24) is 10.9 Å². The molecule has 0 saturated carbocycles. The lowest BCUT2D eigenvalue weighted by atomic mass is 10.2. The molecule has 0 amide bonds. The molecule has 8 heteroatoms. The summed E-state index contributed by atoms with van der Waals surface area (Å²) in [5.74, 6) is 1.24. The highest BCUT2D eigenvalue weighted by Gasteiger charge is 2.11. The van der Waals surface area contributed by atoms with Crippen molar-refractivity contribution in [3.63, 3.8) is 0 Å². The quantitative estimate of drug-likeness (QED) is 0.353. The second kappa shape index (κ2) is 7.07. The van der Waals surface area contributed by atoms with E-state index in [-0.39, 0.29) is 5.96 Å². The molecule has 0 aliphatic heterocycles. The minimum atomic E-state index is -0.359. The van der Waals surface area contributed by atoms with Crippen LogP contribution in [0, 0.1) is 5.41 Å². The lowest BCUT2D eigenvalue weighted by Gasteiger charge is -2.12. The molecule has 0 heterocycles. The molecular formula is C11H16N4O4. The lowest BCUT2D eigenvalue weighted by Crippen LogP contribution is -2.30. The molecule has 0 aliphatic carbocycles. The van der Waals surface area contributed by atoms with Gasteiger partial charge in [-0.2, -0.15) is 5.10 Å². The number of methoxy groups -OCH3 is 3. The maximum atomic E-state index is 8.42. The molecule has 104 valence electrons. The summed E-state index contributed by atoms with van der Waals surface area (Å²) in [6, 6.07) is 3.36. The van der Waals surface area contributed by atoms with Gasteiger partial charge in [-0.15, -0.1) is 0 Å². The topological polar surface area (TPSA) is 108 Å². The van der Waals surface area contributed by atoms with Gasteiger partial charge >= 0.3 is 0 Å². The highest BCUT2D eigenvalue weighted by molar-refractivity contribution is 5.89. The smallest absolute Gasteiger partial charge is 0.233 e. The molecule has 0 fully saturated rings. The minimum absolute atomic E-state index is 0.359. The first kappa shape index (κ1) is 14.6. The summed E-state index contributed by atoms with van der Waals surface area (Å²) in [6.45, 7) is 0. The highest BCUT2D eigenvalue weighted by atomic mass is 16.5. The molecule has 19 heavy (non-hydrogen) atoms. The third-order valence-electron chi connectivity index (χ3n) is 2.23. The second-order valence-corrected chi connectivity index (χ2v) is 3.30. The van der Waals surface area contributed by atoms with Crippen molar-refractivity contribution in [2.24, 2.45) is 5.10 Å². The van der Waals surface area contributed by atoms with E-state index >= 15 is 0 Å². The SMILES string of the molecule is COc1cc(OC)c(/C=N/NC(=N)NO)c(OC)c1. The van der Waals surface area contributed by atoms with Gasteiger partial charge < -0.3 is 14.2 Å². The van der Waals surface area contributed by atoms with Crippen LogP contribution in [-0.2, 0) is 0 Å². The van der Waals surface area contributed by atoms with Gasteiger partial charge in [0.2, 0.25) is 5.96 Å². The van der Waals surface area contributed by atoms with Crippen LogP contribution in [0.25, 0.3) is 0 Å².